The summed E-state index contributed by atoms with van der Waals surface area (Å²) in [6, 6.07) is 8.22. The lowest BCUT2D eigenvalue weighted by atomic mass is 10.2. The number of benzene rings is 2. The van der Waals surface area contributed by atoms with Crippen LogP contribution in [0, 0.1) is 11.6 Å². The number of hydrogen-bond acceptors (Lipinski definition) is 5. The van der Waals surface area contributed by atoms with E-state index >= 15 is 0 Å². The quantitative estimate of drug-likeness (QED) is 0.542. The molecule has 0 bridgehead atoms. The minimum absolute atomic E-state index is 0.0625. The fraction of sp³-hybridized carbons (Fsp3) is 0.348. The van der Waals surface area contributed by atoms with E-state index in [-0.39, 0.29) is 32.1 Å². The number of ether oxygens (including phenoxy) is 2. The molecular weight excluding hydrogens is 454 g/mol. The van der Waals surface area contributed by atoms with Crippen LogP contribution in [0.3, 0.4) is 0 Å². The summed E-state index contributed by atoms with van der Waals surface area (Å²) in [5.41, 5.74) is 0.736. The summed E-state index contributed by atoms with van der Waals surface area (Å²) in [6.45, 7) is 2.65. The third-order valence-electron chi connectivity index (χ3n) is 5.13. The molecule has 10 heteroatoms. The van der Waals surface area contributed by atoms with Crippen LogP contribution in [0.15, 0.2) is 47.4 Å². The van der Waals surface area contributed by atoms with Gasteiger partial charge in [-0.1, -0.05) is 19.1 Å². The molecule has 1 aliphatic rings. The van der Waals surface area contributed by atoms with Crippen molar-refractivity contribution in [3.63, 3.8) is 0 Å². The van der Waals surface area contributed by atoms with Gasteiger partial charge in [0, 0.05) is 32.3 Å². The highest BCUT2D eigenvalue weighted by molar-refractivity contribution is 7.89. The van der Waals surface area contributed by atoms with Crippen LogP contribution in [0.1, 0.15) is 18.9 Å². The maximum Gasteiger partial charge on any atom is 0.249 e. The molecule has 2 aromatic carbocycles. The van der Waals surface area contributed by atoms with Crippen molar-refractivity contribution in [2.24, 2.45) is 0 Å². The molecule has 178 valence electrons. The van der Waals surface area contributed by atoms with Crippen LogP contribution in [0.4, 0.5) is 8.78 Å². The number of rotatable bonds is 8. The van der Waals surface area contributed by atoms with Crippen LogP contribution in [0.2, 0.25) is 0 Å². The van der Waals surface area contributed by atoms with Gasteiger partial charge in [-0.15, -0.1) is 0 Å². The van der Waals surface area contributed by atoms with E-state index in [1.54, 1.807) is 24.3 Å². The molecule has 2 aromatic rings. The largest absolute Gasteiger partial charge is 0.493 e. The molecule has 0 aliphatic carbocycles. The molecule has 1 saturated heterocycles. The minimum atomic E-state index is -4.34. The van der Waals surface area contributed by atoms with Crippen molar-refractivity contribution >= 4 is 22.0 Å². The van der Waals surface area contributed by atoms with Crippen LogP contribution in [0.5, 0.6) is 11.5 Å². The molecule has 3 rings (SSSR count). The molecule has 1 heterocycles. The molecule has 7 nitrogen and oxygen atoms in total. The Kier molecular flexibility index (Phi) is 8.04. The van der Waals surface area contributed by atoms with Crippen molar-refractivity contribution in [1.29, 1.82) is 0 Å². The van der Waals surface area contributed by atoms with Crippen molar-refractivity contribution in [2.75, 3.05) is 39.9 Å². The van der Waals surface area contributed by atoms with Gasteiger partial charge in [-0.05, 0) is 42.3 Å². The molecule has 33 heavy (non-hydrogen) atoms. The van der Waals surface area contributed by atoms with Crippen molar-refractivity contribution in [2.45, 2.75) is 18.2 Å². The van der Waals surface area contributed by atoms with Gasteiger partial charge in [0.25, 0.3) is 0 Å². The molecule has 0 atom stereocenters. The van der Waals surface area contributed by atoms with E-state index in [0.717, 1.165) is 34.5 Å². The van der Waals surface area contributed by atoms with Gasteiger partial charge < -0.3 is 14.4 Å². The highest BCUT2D eigenvalue weighted by atomic mass is 32.2. The number of nitrogens with zero attached hydrogens (tertiary/aromatic N) is 2. The number of halogens is 2. The zero-order valence-corrected chi connectivity index (χ0v) is 19.3. The monoisotopic (exact) mass is 480 g/mol. The second-order valence-corrected chi connectivity index (χ2v) is 9.25. The molecule has 1 fully saturated rings. The number of sulfonamides is 1. The van der Waals surface area contributed by atoms with Crippen LogP contribution >= 0.6 is 0 Å². The number of methoxy groups -OCH3 is 1. The van der Waals surface area contributed by atoms with E-state index in [1.165, 1.54) is 18.1 Å². The summed E-state index contributed by atoms with van der Waals surface area (Å²) >= 11 is 0. The van der Waals surface area contributed by atoms with Gasteiger partial charge >= 0.3 is 0 Å². The predicted molar refractivity (Wildman–Crippen MR) is 120 cm³/mol. The molecule has 0 radical (unpaired) electrons. The van der Waals surface area contributed by atoms with Crippen LogP contribution in [0.25, 0.3) is 6.08 Å². The van der Waals surface area contributed by atoms with Crippen molar-refractivity contribution < 1.29 is 31.5 Å². The van der Waals surface area contributed by atoms with Crippen LogP contribution in [-0.2, 0) is 14.8 Å². The molecular formula is C23H26F2N2O5S. The first kappa shape index (κ1) is 24.7. The molecule has 1 amide bonds. The van der Waals surface area contributed by atoms with E-state index in [2.05, 4.69) is 0 Å². The minimum Gasteiger partial charge on any atom is -0.493 e. The third kappa shape index (κ3) is 5.69. The van der Waals surface area contributed by atoms with Gasteiger partial charge in [0.2, 0.25) is 15.9 Å². The molecule has 0 aromatic heterocycles. The van der Waals surface area contributed by atoms with Crippen molar-refractivity contribution in [3.8, 4) is 11.5 Å². The lowest BCUT2D eigenvalue weighted by Crippen LogP contribution is -2.50. The van der Waals surface area contributed by atoms with Crippen LogP contribution in [-0.4, -0.2) is 63.4 Å². The topological polar surface area (TPSA) is 76.2 Å². The fourth-order valence-electron chi connectivity index (χ4n) is 3.40. The van der Waals surface area contributed by atoms with Gasteiger partial charge in [0.15, 0.2) is 16.4 Å². The fourth-order valence-corrected chi connectivity index (χ4v) is 4.93. The molecule has 0 saturated carbocycles. The Morgan fingerprint density at radius 3 is 2.33 bits per heavy atom. The number of piperazine rings is 1. The summed E-state index contributed by atoms with van der Waals surface area (Å²) < 4.78 is 65.2. The SMILES string of the molecule is CCCOc1ccc(/C=C/C(=O)N2CCN(S(=O)(=O)c3c(F)cccc3F)CC2)cc1OC. The summed E-state index contributed by atoms with van der Waals surface area (Å²) in [6.07, 6.45) is 3.89. The zero-order valence-electron chi connectivity index (χ0n) is 18.5. The number of amides is 1. The van der Waals surface area contributed by atoms with E-state index < -0.39 is 26.6 Å². The van der Waals surface area contributed by atoms with Gasteiger partial charge in [0.05, 0.1) is 13.7 Å². The maximum atomic E-state index is 14.0. The summed E-state index contributed by atoms with van der Waals surface area (Å²) in [5, 5.41) is 0. The van der Waals surface area contributed by atoms with E-state index in [9.17, 15) is 22.0 Å². The van der Waals surface area contributed by atoms with Crippen LogP contribution < -0.4 is 9.47 Å². The smallest absolute Gasteiger partial charge is 0.249 e. The number of carbonyl (C=O) groups excluding carboxylic acids is 1. The normalized spacial score (nSPS) is 15.1. The predicted octanol–water partition coefficient (Wildman–Crippen LogP) is 3.31. The molecule has 0 unspecified atom stereocenters. The summed E-state index contributed by atoms with van der Waals surface area (Å²) in [5.74, 6) is -1.41. The Hall–Kier alpha value is -2.98. The Balaban J connectivity index is 1.63. The standard InChI is InChI=1S/C23H26F2N2O5S/c1-3-15-32-20-9-7-17(16-21(20)31-2)8-10-22(28)26-11-13-27(14-12-26)33(29,30)23-18(24)5-4-6-19(23)25/h4-10,16H,3,11-15H2,1-2H3/b10-8+. The number of carbonyl (C=O) groups is 1. The van der Waals surface area contributed by atoms with Crippen molar-refractivity contribution in [3.05, 3.63) is 59.7 Å². The summed E-state index contributed by atoms with van der Waals surface area (Å²) in [4.78, 5) is 13.1. The zero-order chi connectivity index (χ0) is 24.0. The Labute approximate surface area is 192 Å². The molecule has 0 spiro atoms. The first-order valence-corrected chi connectivity index (χ1v) is 11.9. The average molecular weight is 481 g/mol. The lowest BCUT2D eigenvalue weighted by molar-refractivity contribution is -0.127. The summed E-state index contributed by atoms with van der Waals surface area (Å²) in [7, 11) is -2.81. The average Bonchev–Trinajstić information content (AvgIpc) is 2.81. The third-order valence-corrected chi connectivity index (χ3v) is 7.09. The van der Waals surface area contributed by atoms with E-state index in [1.807, 2.05) is 6.92 Å². The molecule has 1 aliphatic heterocycles. The lowest BCUT2D eigenvalue weighted by Gasteiger charge is -2.33. The van der Waals surface area contributed by atoms with Gasteiger partial charge in [-0.3, -0.25) is 4.79 Å². The van der Waals surface area contributed by atoms with E-state index in [0.29, 0.717) is 18.1 Å². The Morgan fingerprint density at radius 1 is 1.06 bits per heavy atom. The second kappa shape index (κ2) is 10.8. The van der Waals surface area contributed by atoms with Gasteiger partial charge in [-0.25, -0.2) is 17.2 Å². The van der Waals surface area contributed by atoms with Crippen molar-refractivity contribution in [1.82, 2.24) is 9.21 Å². The first-order chi connectivity index (χ1) is 15.8. The highest BCUT2D eigenvalue weighted by Crippen LogP contribution is 2.29. The van der Waals surface area contributed by atoms with Gasteiger partial charge in [-0.2, -0.15) is 4.31 Å². The Morgan fingerprint density at radius 2 is 1.73 bits per heavy atom. The van der Waals surface area contributed by atoms with Gasteiger partial charge in [0.1, 0.15) is 11.6 Å². The first-order valence-electron chi connectivity index (χ1n) is 10.5. The number of hydrogen-bond donors (Lipinski definition) is 0. The second-order valence-electron chi connectivity index (χ2n) is 7.37. The Bertz CT molecular complexity index is 1110. The van der Waals surface area contributed by atoms with E-state index in [4.69, 9.17) is 9.47 Å². The maximum absolute atomic E-state index is 14.0. The highest BCUT2D eigenvalue weighted by Gasteiger charge is 2.33. The molecule has 0 N–H and O–H groups in total.